The molecule has 0 aliphatic rings. The number of para-hydroxylation sites is 2. The van der Waals surface area contributed by atoms with Crippen molar-refractivity contribution >= 4 is 41.2 Å². The van der Waals surface area contributed by atoms with Gasteiger partial charge in [-0.1, -0.05) is 33.1 Å². The van der Waals surface area contributed by atoms with Crippen molar-refractivity contribution in [2.24, 2.45) is 17.2 Å². The Morgan fingerprint density at radius 2 is 1.02 bits per heavy atom. The van der Waals surface area contributed by atoms with Crippen molar-refractivity contribution in [3.8, 4) is 22.5 Å². The summed E-state index contributed by atoms with van der Waals surface area (Å²) in [4.78, 5) is 44.3. The molecule has 0 saturated heterocycles. The number of benzene rings is 4. The Balaban J connectivity index is 0.000000313. The minimum atomic E-state index is -1.27. The van der Waals surface area contributed by atoms with Gasteiger partial charge in [-0.05, 0) is 78.9 Å². The van der Waals surface area contributed by atoms with Gasteiger partial charge in [0, 0.05) is 28.3 Å². The van der Waals surface area contributed by atoms with E-state index in [0.29, 0.717) is 27.0 Å². The molecular weight excluding hydrogens is 803 g/mol. The second-order valence-corrected chi connectivity index (χ2v) is 11.7. The van der Waals surface area contributed by atoms with Gasteiger partial charge in [0.1, 0.15) is 70.3 Å². The molecule has 0 spiro atoms. The van der Waals surface area contributed by atoms with Crippen molar-refractivity contribution in [1.82, 2.24) is 9.97 Å². The zero-order chi connectivity index (χ0) is 42.3. The summed E-state index contributed by atoms with van der Waals surface area (Å²) in [6.45, 7) is -0.829. The molecule has 12 nitrogen and oxygen atoms in total. The number of aliphatic hydroxyl groups excluding tert-OH is 1. The first-order valence-electron chi connectivity index (χ1n) is 16.4. The third-order valence-electron chi connectivity index (χ3n) is 7.99. The average Bonchev–Trinajstić information content (AvgIpc) is 3.17. The Morgan fingerprint density at radius 1 is 0.567 bits per heavy atom. The zero-order valence-electron chi connectivity index (χ0n) is 29.5. The number of halogens is 7. The lowest BCUT2D eigenvalue weighted by Gasteiger charge is -2.22. The van der Waals surface area contributed by atoms with Crippen LogP contribution in [-0.4, -0.2) is 33.2 Å². The summed E-state index contributed by atoms with van der Waals surface area (Å²) in [5.74, 6) is -7.05. The molecule has 7 N–H and O–H groups in total. The largest absolute Gasteiger partial charge is 0.445 e. The number of hydrogen-bond acceptors (Lipinski definition) is 7. The van der Waals surface area contributed by atoms with Crippen molar-refractivity contribution < 1.29 is 55.0 Å². The number of nitrogens with zero attached hydrogens (tertiary/aromatic N) is 4. The van der Waals surface area contributed by atoms with Crippen molar-refractivity contribution in [2.45, 2.75) is 28.1 Å². The van der Waals surface area contributed by atoms with Crippen LogP contribution in [0, 0.1) is 40.7 Å². The third kappa shape index (κ3) is 10.5. The number of aliphatic hydroxyl groups is 1. The second-order valence-electron chi connectivity index (χ2n) is 11.7. The highest BCUT2D eigenvalue weighted by molar-refractivity contribution is 5.99. The molecule has 4 aromatic carbocycles. The van der Waals surface area contributed by atoms with Crippen LogP contribution >= 0.6 is 0 Å². The molecule has 5 amide bonds. The van der Waals surface area contributed by atoms with Gasteiger partial charge in [0.25, 0.3) is 0 Å². The van der Waals surface area contributed by atoms with Crippen LogP contribution in [0.4, 0.5) is 68.1 Å². The molecule has 0 atom stereocenters. The van der Waals surface area contributed by atoms with E-state index in [9.17, 15) is 50.2 Å². The molecule has 0 radical (unpaired) electrons. The van der Waals surface area contributed by atoms with E-state index in [4.69, 9.17) is 21.9 Å². The highest BCUT2D eigenvalue weighted by atomic mass is 19.2. The molecule has 0 saturated carbocycles. The zero-order valence-corrected chi connectivity index (χ0v) is 29.5. The SMILES string of the molecule is C.C.NC(=O)N(c1ccc(CO)c(-c2ccc(F)cc2)n1)c1c(F)cccc1F.NC(=O)OCc1ccc(N(C(N)=O)c2c(F)cccc2F)nc1-c1ccc(F)cc1F. The molecule has 0 fully saturated rings. The maximum absolute atomic E-state index is 14.4. The molecule has 2 aromatic heterocycles. The van der Waals surface area contributed by atoms with Gasteiger partial charge in [0.15, 0.2) is 0 Å². The third-order valence-corrected chi connectivity index (χ3v) is 7.99. The summed E-state index contributed by atoms with van der Waals surface area (Å²) in [7, 11) is 0. The van der Waals surface area contributed by atoms with Crippen LogP contribution < -0.4 is 27.0 Å². The summed E-state index contributed by atoms with van der Waals surface area (Å²) in [5.41, 5.74) is 14.9. The fraction of sp³-hybridized carbons (Fsp3) is 0.0976. The van der Waals surface area contributed by atoms with Crippen LogP contribution in [-0.2, 0) is 18.0 Å². The van der Waals surface area contributed by atoms with Gasteiger partial charge in [-0.15, -0.1) is 0 Å². The number of pyridine rings is 2. The van der Waals surface area contributed by atoms with Crippen LogP contribution in [0.3, 0.4) is 0 Å². The van der Waals surface area contributed by atoms with E-state index >= 15 is 0 Å². The van der Waals surface area contributed by atoms with Crippen LogP contribution in [0.25, 0.3) is 22.5 Å². The first-order valence-corrected chi connectivity index (χ1v) is 16.4. The quantitative estimate of drug-likeness (QED) is 0.104. The Bertz CT molecular complexity index is 2470. The standard InChI is InChI=1S/C20H14F4N4O3.C19H14F3N3O2.2CH4/c21-11-5-6-12(15(24)8-11)17-10(9-31-20(26)30)4-7-16(27-17)28(19(25)29)18-13(22)2-1-3-14(18)23;20-13-7-4-11(5-8-13)17-12(10-26)6-9-16(24-17)25(19(23)27)18-14(21)2-1-3-15(18)22;;/h1-8H,9H2,(H2,25,29)(H2,26,30);1-9,26H,10H2,(H2,23,27);2*1H4. The molecule has 0 bridgehead atoms. The Kier molecular flexibility index (Phi) is 15.8. The Hall–Kier alpha value is -7.54. The predicted octanol–water partition coefficient (Wildman–Crippen LogP) is 9.26. The van der Waals surface area contributed by atoms with Crippen LogP contribution in [0.5, 0.6) is 0 Å². The van der Waals surface area contributed by atoms with Gasteiger partial charge in [-0.2, -0.15) is 0 Å². The summed E-state index contributed by atoms with van der Waals surface area (Å²) in [6, 6.07) is 16.6. The van der Waals surface area contributed by atoms with E-state index in [1.165, 1.54) is 42.5 Å². The lowest BCUT2D eigenvalue weighted by molar-refractivity contribution is 0.150. The molecule has 6 aromatic rings. The van der Waals surface area contributed by atoms with Gasteiger partial charge in [-0.25, -0.2) is 64.9 Å². The topological polar surface area (TPSA) is 191 Å². The van der Waals surface area contributed by atoms with Gasteiger partial charge >= 0.3 is 18.2 Å². The normalized spacial score (nSPS) is 10.3. The van der Waals surface area contributed by atoms with Crippen LogP contribution in [0.1, 0.15) is 26.0 Å². The number of hydrogen-bond donors (Lipinski definition) is 4. The lowest BCUT2D eigenvalue weighted by Crippen LogP contribution is -2.33. The van der Waals surface area contributed by atoms with E-state index in [0.717, 1.165) is 54.6 Å². The number of carbonyl (C=O) groups excluding carboxylic acids is 3. The van der Waals surface area contributed by atoms with Crippen molar-refractivity contribution in [3.63, 3.8) is 0 Å². The first-order chi connectivity index (χ1) is 27.6. The fourth-order valence-corrected chi connectivity index (χ4v) is 5.45. The number of aromatic nitrogens is 2. The van der Waals surface area contributed by atoms with Gasteiger partial charge in [-0.3, -0.25) is 0 Å². The molecule has 2 heterocycles. The van der Waals surface area contributed by atoms with E-state index in [1.807, 2.05) is 0 Å². The summed E-state index contributed by atoms with van der Waals surface area (Å²) in [6.07, 6.45) is -1.12. The highest BCUT2D eigenvalue weighted by Crippen LogP contribution is 2.35. The van der Waals surface area contributed by atoms with Crippen LogP contribution in [0.2, 0.25) is 0 Å². The number of rotatable bonds is 9. The molecule has 0 aliphatic carbocycles. The maximum atomic E-state index is 14.4. The summed E-state index contributed by atoms with van der Waals surface area (Å²) in [5, 5.41) is 9.54. The predicted molar refractivity (Wildman–Crippen MR) is 209 cm³/mol. The number of carbonyl (C=O) groups is 3. The van der Waals surface area contributed by atoms with E-state index < -0.39 is 76.9 Å². The monoisotopic (exact) mass is 839 g/mol. The minimum absolute atomic E-state index is 0. The molecule has 60 heavy (non-hydrogen) atoms. The van der Waals surface area contributed by atoms with Gasteiger partial charge in [0.05, 0.1) is 18.0 Å². The first kappa shape index (κ1) is 46.8. The van der Waals surface area contributed by atoms with E-state index in [-0.39, 0.29) is 55.6 Å². The van der Waals surface area contributed by atoms with Crippen molar-refractivity contribution in [3.05, 3.63) is 155 Å². The summed E-state index contributed by atoms with van der Waals surface area (Å²) < 4.78 is 103. The highest BCUT2D eigenvalue weighted by Gasteiger charge is 2.27. The molecular formula is C41H36F7N7O5. The number of nitrogens with two attached hydrogens (primary N) is 3. The smallest absolute Gasteiger partial charge is 0.404 e. The van der Waals surface area contributed by atoms with Gasteiger partial charge in [0.2, 0.25) is 0 Å². The molecule has 0 unspecified atom stereocenters. The number of primary amides is 3. The van der Waals surface area contributed by atoms with Crippen molar-refractivity contribution in [1.29, 1.82) is 0 Å². The Labute approximate surface area is 338 Å². The number of ether oxygens (including phenoxy) is 1. The molecule has 6 rings (SSSR count). The fourth-order valence-electron chi connectivity index (χ4n) is 5.45. The van der Waals surface area contributed by atoms with E-state index in [2.05, 4.69) is 9.97 Å². The summed E-state index contributed by atoms with van der Waals surface area (Å²) >= 11 is 0. The maximum Gasteiger partial charge on any atom is 0.404 e. The van der Waals surface area contributed by atoms with Crippen LogP contribution in [0.15, 0.2) is 103 Å². The van der Waals surface area contributed by atoms with Crippen molar-refractivity contribution in [2.75, 3.05) is 9.80 Å². The molecule has 314 valence electrons. The van der Waals surface area contributed by atoms with Gasteiger partial charge < -0.3 is 27.0 Å². The molecule has 0 aliphatic heterocycles. The Morgan fingerprint density at radius 3 is 1.45 bits per heavy atom. The number of anilines is 4. The number of urea groups is 2. The minimum Gasteiger partial charge on any atom is -0.445 e. The second kappa shape index (κ2) is 20.2. The number of amides is 5. The average molecular weight is 840 g/mol. The van der Waals surface area contributed by atoms with E-state index in [1.54, 1.807) is 0 Å². The lowest BCUT2D eigenvalue weighted by atomic mass is 10.1. The molecule has 19 heteroatoms.